The minimum Gasteiger partial charge on any atom is -0.479 e. The molecule has 1 aromatic carbocycles. The van der Waals surface area contributed by atoms with Gasteiger partial charge in [-0.3, -0.25) is 0 Å². The number of fused-ring (bicyclic) bond motifs is 1. The molecule has 4 N–H and O–H groups in total. The van der Waals surface area contributed by atoms with Crippen LogP contribution in [0.25, 0.3) is 22.2 Å². The maximum absolute atomic E-state index is 12.7. The molecule has 0 aliphatic carbocycles. The SMILES string of the molecule is CNc1nc2c(c(NC)c(NC)n2Cc2ccco2)c(-c2ccc(Cl)cc2)c1[C@H](OC(C)(C)C)C(=O)O. The minimum absolute atomic E-state index is 0.401. The number of nitrogens with one attached hydrogen (secondary N) is 3. The lowest BCUT2D eigenvalue weighted by atomic mass is 9.93. The van der Waals surface area contributed by atoms with Crippen molar-refractivity contribution in [3.05, 3.63) is 59.0 Å². The number of nitrogens with zero attached hydrogens (tertiary/aromatic N) is 2. The number of rotatable bonds is 9. The zero-order valence-electron chi connectivity index (χ0n) is 21.8. The molecule has 10 heteroatoms. The first-order chi connectivity index (χ1) is 17.6. The molecule has 0 radical (unpaired) electrons. The fourth-order valence-electron chi connectivity index (χ4n) is 4.54. The molecule has 0 fully saturated rings. The first-order valence-corrected chi connectivity index (χ1v) is 12.3. The van der Waals surface area contributed by atoms with Gasteiger partial charge in [-0.25, -0.2) is 9.78 Å². The number of aliphatic carboxylic acids is 1. The fourth-order valence-corrected chi connectivity index (χ4v) is 4.67. The van der Waals surface area contributed by atoms with E-state index >= 15 is 0 Å². The lowest BCUT2D eigenvalue weighted by Crippen LogP contribution is -2.28. The van der Waals surface area contributed by atoms with Gasteiger partial charge in [-0.05, 0) is 50.6 Å². The predicted octanol–water partition coefficient (Wildman–Crippen LogP) is 6.06. The van der Waals surface area contributed by atoms with Crippen LogP contribution in [0.4, 0.5) is 17.3 Å². The Kier molecular flexibility index (Phi) is 7.38. The van der Waals surface area contributed by atoms with Gasteiger partial charge < -0.3 is 34.8 Å². The summed E-state index contributed by atoms with van der Waals surface area (Å²) in [5, 5.41) is 21.4. The summed E-state index contributed by atoms with van der Waals surface area (Å²) in [4.78, 5) is 17.6. The highest BCUT2D eigenvalue weighted by atomic mass is 35.5. The van der Waals surface area contributed by atoms with Crippen LogP contribution in [0.2, 0.25) is 5.02 Å². The number of carboxylic acid groups (broad SMARTS) is 1. The van der Waals surface area contributed by atoms with Crippen molar-refractivity contribution < 1.29 is 19.1 Å². The second kappa shape index (κ2) is 10.4. The topological polar surface area (TPSA) is 114 Å². The van der Waals surface area contributed by atoms with Crippen molar-refractivity contribution in [1.29, 1.82) is 0 Å². The lowest BCUT2D eigenvalue weighted by molar-refractivity contribution is -0.160. The number of halogens is 1. The van der Waals surface area contributed by atoms with E-state index in [0.29, 0.717) is 34.2 Å². The van der Waals surface area contributed by atoms with Gasteiger partial charge in [0.05, 0.1) is 29.5 Å². The molecule has 37 heavy (non-hydrogen) atoms. The number of furan rings is 1. The molecule has 196 valence electrons. The second-order valence-corrected chi connectivity index (χ2v) is 9.98. The van der Waals surface area contributed by atoms with Gasteiger partial charge in [0.15, 0.2) is 6.10 Å². The van der Waals surface area contributed by atoms with Crippen LogP contribution in [-0.2, 0) is 16.1 Å². The van der Waals surface area contributed by atoms with Gasteiger partial charge in [-0.1, -0.05) is 23.7 Å². The third-order valence-corrected chi connectivity index (χ3v) is 6.19. The summed E-state index contributed by atoms with van der Waals surface area (Å²) in [7, 11) is 5.37. The number of aromatic nitrogens is 2. The predicted molar refractivity (Wildman–Crippen MR) is 148 cm³/mol. The Morgan fingerprint density at radius 1 is 1.14 bits per heavy atom. The normalized spacial score (nSPS) is 12.5. The smallest absolute Gasteiger partial charge is 0.337 e. The standard InChI is InChI=1S/C27H32ClN5O4/c1-27(2,3)37-22(26(34)35)20-18(15-9-11-16(28)12-10-15)19-21(29-4)25(31-6)33(14-17-8-7-13-36-17)24(19)32-23(20)30-5/h7-13,22,29,31H,14H2,1-6H3,(H,30,32)(H,34,35)/t22-/m0/s1. The highest BCUT2D eigenvalue weighted by Gasteiger charge is 2.35. The first kappa shape index (κ1) is 26.4. The van der Waals surface area contributed by atoms with Crippen LogP contribution in [0.15, 0.2) is 47.1 Å². The minimum atomic E-state index is -1.29. The quantitative estimate of drug-likeness (QED) is 0.208. The van der Waals surface area contributed by atoms with Gasteiger partial charge >= 0.3 is 5.97 Å². The number of ether oxygens (including phenoxy) is 1. The molecule has 0 aliphatic heterocycles. The third-order valence-electron chi connectivity index (χ3n) is 5.94. The van der Waals surface area contributed by atoms with Gasteiger partial charge in [0, 0.05) is 37.3 Å². The number of pyridine rings is 1. The molecule has 1 atom stereocenters. The van der Waals surface area contributed by atoms with E-state index in [1.807, 2.05) is 63.7 Å². The van der Waals surface area contributed by atoms with Crippen LogP contribution < -0.4 is 16.0 Å². The molecule has 0 bridgehead atoms. The van der Waals surface area contributed by atoms with Crippen molar-refractivity contribution in [1.82, 2.24) is 9.55 Å². The summed E-state index contributed by atoms with van der Waals surface area (Å²) in [6, 6.07) is 11.0. The molecular formula is C27H32ClN5O4. The zero-order valence-corrected chi connectivity index (χ0v) is 22.5. The monoisotopic (exact) mass is 525 g/mol. The second-order valence-electron chi connectivity index (χ2n) is 9.54. The molecule has 0 unspecified atom stereocenters. The Morgan fingerprint density at radius 3 is 2.35 bits per heavy atom. The number of carboxylic acids is 1. The first-order valence-electron chi connectivity index (χ1n) is 11.9. The van der Waals surface area contributed by atoms with E-state index in [4.69, 9.17) is 25.7 Å². The van der Waals surface area contributed by atoms with Crippen LogP contribution in [-0.4, -0.2) is 47.4 Å². The molecule has 0 saturated carbocycles. The largest absolute Gasteiger partial charge is 0.479 e. The summed E-state index contributed by atoms with van der Waals surface area (Å²) in [5.74, 6) is 0.815. The highest BCUT2D eigenvalue weighted by Crippen LogP contribution is 2.47. The van der Waals surface area contributed by atoms with Crippen LogP contribution in [0, 0.1) is 0 Å². The Morgan fingerprint density at radius 2 is 1.84 bits per heavy atom. The third kappa shape index (κ3) is 5.10. The maximum Gasteiger partial charge on any atom is 0.337 e. The average Bonchev–Trinajstić information content (AvgIpc) is 3.47. The van der Waals surface area contributed by atoms with Crippen LogP contribution in [0.5, 0.6) is 0 Å². The van der Waals surface area contributed by atoms with Crippen LogP contribution >= 0.6 is 11.6 Å². The molecule has 0 saturated heterocycles. The molecule has 4 aromatic rings. The molecule has 4 rings (SSSR count). The Bertz CT molecular complexity index is 1410. The summed E-state index contributed by atoms with van der Waals surface area (Å²) in [6.07, 6.45) is 0.338. The number of hydrogen-bond donors (Lipinski definition) is 4. The summed E-state index contributed by atoms with van der Waals surface area (Å²) >= 11 is 6.23. The van der Waals surface area contributed by atoms with Gasteiger partial charge in [-0.2, -0.15) is 0 Å². The maximum atomic E-state index is 12.7. The summed E-state index contributed by atoms with van der Waals surface area (Å²) in [6.45, 7) is 5.90. The van der Waals surface area contributed by atoms with E-state index in [0.717, 1.165) is 28.2 Å². The van der Waals surface area contributed by atoms with Crippen LogP contribution in [0.1, 0.15) is 38.2 Å². The van der Waals surface area contributed by atoms with E-state index < -0.39 is 17.7 Å². The molecule has 3 aromatic heterocycles. The van der Waals surface area contributed by atoms with Crippen molar-refractivity contribution in [2.75, 3.05) is 37.1 Å². The van der Waals surface area contributed by atoms with Crippen molar-refractivity contribution >= 4 is 45.9 Å². The Labute approximate surface area is 220 Å². The number of carbonyl (C=O) groups is 1. The zero-order chi connectivity index (χ0) is 26.9. The molecule has 0 spiro atoms. The Hall–Kier alpha value is -3.69. The molecular weight excluding hydrogens is 494 g/mol. The Balaban J connectivity index is 2.18. The lowest BCUT2D eigenvalue weighted by Gasteiger charge is -2.28. The van der Waals surface area contributed by atoms with Gasteiger partial charge in [0.1, 0.15) is 23.0 Å². The van der Waals surface area contributed by atoms with Crippen molar-refractivity contribution in [3.8, 4) is 11.1 Å². The van der Waals surface area contributed by atoms with Crippen molar-refractivity contribution in [2.45, 2.75) is 39.0 Å². The van der Waals surface area contributed by atoms with Crippen molar-refractivity contribution in [2.24, 2.45) is 0 Å². The van der Waals surface area contributed by atoms with E-state index in [1.54, 1.807) is 25.4 Å². The molecule has 0 amide bonds. The number of hydrogen-bond acceptors (Lipinski definition) is 7. The fraction of sp³-hybridized carbons (Fsp3) is 0.333. The van der Waals surface area contributed by atoms with E-state index in [1.165, 1.54) is 0 Å². The van der Waals surface area contributed by atoms with E-state index in [9.17, 15) is 9.90 Å². The molecule has 0 aliphatic rings. The van der Waals surface area contributed by atoms with Crippen LogP contribution in [0.3, 0.4) is 0 Å². The van der Waals surface area contributed by atoms with E-state index in [2.05, 4.69) is 16.0 Å². The molecule has 3 heterocycles. The number of anilines is 3. The average molecular weight is 526 g/mol. The number of benzene rings is 1. The van der Waals surface area contributed by atoms with Gasteiger partial charge in [-0.15, -0.1) is 0 Å². The van der Waals surface area contributed by atoms with Gasteiger partial charge in [0.2, 0.25) is 0 Å². The summed E-state index contributed by atoms with van der Waals surface area (Å²) < 4.78 is 13.8. The highest BCUT2D eigenvalue weighted by molar-refractivity contribution is 6.30. The van der Waals surface area contributed by atoms with Crippen molar-refractivity contribution in [3.63, 3.8) is 0 Å². The van der Waals surface area contributed by atoms with E-state index in [-0.39, 0.29) is 0 Å². The summed E-state index contributed by atoms with van der Waals surface area (Å²) in [5.41, 5.74) is 2.57. The molecule has 9 nitrogen and oxygen atoms in total. The van der Waals surface area contributed by atoms with Gasteiger partial charge in [0.25, 0.3) is 0 Å².